The van der Waals surface area contributed by atoms with Gasteiger partial charge in [-0.15, -0.1) is 0 Å². The van der Waals surface area contributed by atoms with E-state index in [4.69, 9.17) is 5.73 Å². The van der Waals surface area contributed by atoms with Gasteiger partial charge in [0.25, 0.3) is 5.91 Å². The maximum absolute atomic E-state index is 11.9. The highest BCUT2D eigenvalue weighted by molar-refractivity contribution is 5.92. The number of likely N-dealkylation sites (tertiary alicyclic amines) is 1. The van der Waals surface area contributed by atoms with Crippen LogP contribution in [0.1, 0.15) is 28.9 Å². The summed E-state index contributed by atoms with van der Waals surface area (Å²) in [4.78, 5) is 34.2. The average molecular weight is 430 g/mol. The Morgan fingerprint density at radius 2 is 2.00 bits per heavy atom. The van der Waals surface area contributed by atoms with Crippen LogP contribution in [0, 0.1) is 11.8 Å². The predicted octanol–water partition coefficient (Wildman–Crippen LogP) is 0.978. The number of rotatable bonds is 3. The molecular weight excluding hydrogens is 408 g/mol. The van der Waals surface area contributed by atoms with Crippen LogP contribution in [-0.2, 0) is 11.8 Å². The summed E-state index contributed by atoms with van der Waals surface area (Å²) in [5.74, 6) is 5.29. The molecule has 0 spiro atoms. The molecule has 1 atom stereocenters. The molecule has 2 amide bonds. The lowest BCUT2D eigenvalue weighted by atomic mass is 9.91. The molecule has 0 saturated carbocycles. The number of hydrogen-bond acceptors (Lipinski definition) is 6. The first-order valence-corrected chi connectivity index (χ1v) is 10.0. The van der Waals surface area contributed by atoms with Gasteiger partial charge in [0.2, 0.25) is 5.91 Å². The Bertz CT molecular complexity index is 1270. The Kier molecular flexibility index (Phi) is 5.47. The highest BCUT2D eigenvalue weighted by atomic mass is 16.3. The minimum Gasteiger partial charge on any atom is -0.377 e. The van der Waals surface area contributed by atoms with Crippen LogP contribution in [0.5, 0.6) is 0 Å². The number of amides is 2. The van der Waals surface area contributed by atoms with Crippen LogP contribution in [0.3, 0.4) is 0 Å². The molecule has 1 aliphatic heterocycles. The number of benzene rings is 1. The van der Waals surface area contributed by atoms with Crippen LogP contribution in [-0.4, -0.2) is 60.8 Å². The molecule has 3 aromatic rings. The first kappa shape index (κ1) is 21.2. The van der Waals surface area contributed by atoms with Gasteiger partial charge in [0.05, 0.1) is 12.1 Å². The monoisotopic (exact) mass is 430 g/mol. The van der Waals surface area contributed by atoms with Gasteiger partial charge >= 0.3 is 0 Å². The van der Waals surface area contributed by atoms with Gasteiger partial charge in [0.15, 0.2) is 5.82 Å². The van der Waals surface area contributed by atoms with Gasteiger partial charge in [0, 0.05) is 44.4 Å². The summed E-state index contributed by atoms with van der Waals surface area (Å²) in [5, 5.41) is 15.0. The molecule has 1 aromatic carbocycles. The summed E-state index contributed by atoms with van der Waals surface area (Å²) in [7, 11) is 3.49. The van der Waals surface area contributed by atoms with Crippen LogP contribution in [0.2, 0.25) is 0 Å². The molecule has 0 radical (unpaired) electrons. The van der Waals surface area contributed by atoms with Crippen molar-refractivity contribution in [1.29, 1.82) is 0 Å². The number of aliphatic hydroxyl groups is 1. The fourth-order valence-electron chi connectivity index (χ4n) is 3.37. The molecule has 3 heterocycles. The molecule has 0 aliphatic carbocycles. The smallest absolute Gasteiger partial charge is 0.267 e. The summed E-state index contributed by atoms with van der Waals surface area (Å²) in [5.41, 5.74) is 6.50. The minimum absolute atomic E-state index is 0.0343. The van der Waals surface area contributed by atoms with E-state index in [-0.39, 0.29) is 18.0 Å². The molecule has 1 saturated heterocycles. The van der Waals surface area contributed by atoms with Crippen molar-refractivity contribution in [3.05, 3.63) is 53.9 Å². The predicted molar refractivity (Wildman–Crippen MR) is 117 cm³/mol. The zero-order valence-corrected chi connectivity index (χ0v) is 17.7. The first-order chi connectivity index (χ1) is 15.2. The van der Waals surface area contributed by atoms with Crippen LogP contribution >= 0.6 is 0 Å². The first-order valence-electron chi connectivity index (χ1n) is 10.0. The Balaban J connectivity index is 1.69. The van der Waals surface area contributed by atoms with Gasteiger partial charge in [-0.1, -0.05) is 24.0 Å². The summed E-state index contributed by atoms with van der Waals surface area (Å²) in [6.07, 6.45) is 2.13. The number of primary amides is 1. The quantitative estimate of drug-likeness (QED) is 0.596. The number of hydrogen-bond donors (Lipinski definition) is 2. The van der Waals surface area contributed by atoms with Crippen molar-refractivity contribution in [3.63, 3.8) is 0 Å². The average Bonchev–Trinajstić information content (AvgIpc) is 3.22. The van der Waals surface area contributed by atoms with Gasteiger partial charge in [0.1, 0.15) is 17.0 Å². The topological polar surface area (TPSA) is 127 Å². The van der Waals surface area contributed by atoms with Gasteiger partial charge in [-0.05, 0) is 24.3 Å². The van der Waals surface area contributed by atoms with Crippen molar-refractivity contribution in [2.24, 2.45) is 12.8 Å². The lowest BCUT2D eigenvalue weighted by molar-refractivity contribution is -0.138. The van der Waals surface area contributed by atoms with Crippen LogP contribution in [0.4, 0.5) is 0 Å². The lowest BCUT2D eigenvalue weighted by Crippen LogP contribution is -2.45. The summed E-state index contributed by atoms with van der Waals surface area (Å²) < 4.78 is 1.63. The molecule has 1 aliphatic rings. The highest BCUT2D eigenvalue weighted by Gasteiger charge is 2.34. The zero-order valence-electron chi connectivity index (χ0n) is 17.7. The molecule has 9 nitrogen and oxygen atoms in total. The van der Waals surface area contributed by atoms with E-state index < -0.39 is 11.5 Å². The second-order valence-corrected chi connectivity index (χ2v) is 7.81. The number of aryl methyl sites for hydroxylation is 1. The van der Waals surface area contributed by atoms with E-state index in [0.29, 0.717) is 41.3 Å². The molecule has 9 heteroatoms. The zero-order chi connectivity index (χ0) is 22.9. The summed E-state index contributed by atoms with van der Waals surface area (Å²) in [6.45, 7) is 0.452. The minimum atomic E-state index is -1.35. The van der Waals surface area contributed by atoms with Crippen molar-refractivity contribution in [1.82, 2.24) is 24.6 Å². The molecule has 4 rings (SSSR count). The number of nitrogens with two attached hydrogens (primary N) is 1. The number of nitrogens with zero attached hydrogens (tertiary/aromatic N) is 5. The van der Waals surface area contributed by atoms with Crippen molar-refractivity contribution in [2.75, 3.05) is 13.6 Å². The van der Waals surface area contributed by atoms with E-state index in [2.05, 4.69) is 26.9 Å². The van der Waals surface area contributed by atoms with Gasteiger partial charge in [-0.2, -0.15) is 5.10 Å². The third-order valence-corrected chi connectivity index (χ3v) is 5.25. The highest BCUT2D eigenvalue weighted by Crippen LogP contribution is 2.24. The second kappa shape index (κ2) is 8.24. The standard InChI is InChI=1S/C23H22N6O3/c1-28-11-9-23(32,14-20(28)30)8-6-15-4-3-5-16(12-15)22-25-18(13-19(26-22)21(24)31)17-7-10-29(2)27-17/h3-5,7,10,12-13,32H,9,11,14H2,1-2H3,(H2,24,31)/t23-/m0/s1. The fourth-order valence-corrected chi connectivity index (χ4v) is 3.37. The Morgan fingerprint density at radius 1 is 1.19 bits per heavy atom. The van der Waals surface area contributed by atoms with Crippen molar-refractivity contribution >= 4 is 11.8 Å². The molecule has 162 valence electrons. The Morgan fingerprint density at radius 3 is 2.69 bits per heavy atom. The van der Waals surface area contributed by atoms with Crippen LogP contribution < -0.4 is 5.73 Å². The third-order valence-electron chi connectivity index (χ3n) is 5.25. The Labute approximate surface area is 184 Å². The van der Waals surface area contributed by atoms with E-state index in [9.17, 15) is 14.7 Å². The number of carbonyl (C=O) groups excluding carboxylic acids is 2. The van der Waals surface area contributed by atoms with Gasteiger partial charge in [-0.3, -0.25) is 14.3 Å². The molecule has 0 bridgehead atoms. The van der Waals surface area contributed by atoms with Gasteiger partial charge < -0.3 is 15.7 Å². The Hall–Kier alpha value is -4.03. The number of piperidine rings is 1. The molecular formula is C23H22N6O3. The van der Waals surface area contributed by atoms with E-state index in [1.54, 1.807) is 60.2 Å². The molecule has 3 N–H and O–H groups in total. The molecule has 2 aromatic heterocycles. The fraction of sp³-hybridized carbons (Fsp3) is 0.261. The third kappa shape index (κ3) is 4.50. The van der Waals surface area contributed by atoms with Crippen LogP contribution in [0.15, 0.2) is 42.6 Å². The van der Waals surface area contributed by atoms with E-state index in [0.717, 1.165) is 0 Å². The van der Waals surface area contributed by atoms with E-state index in [1.807, 2.05) is 0 Å². The summed E-state index contributed by atoms with van der Waals surface area (Å²) >= 11 is 0. The normalized spacial score (nSPS) is 18.2. The molecule has 1 fully saturated rings. The van der Waals surface area contributed by atoms with Crippen molar-refractivity contribution in [3.8, 4) is 34.6 Å². The maximum Gasteiger partial charge on any atom is 0.267 e. The van der Waals surface area contributed by atoms with Gasteiger partial charge in [-0.25, -0.2) is 9.97 Å². The molecule has 32 heavy (non-hydrogen) atoms. The largest absolute Gasteiger partial charge is 0.377 e. The molecule has 0 unspecified atom stereocenters. The number of aromatic nitrogens is 4. The number of carbonyl (C=O) groups is 2. The van der Waals surface area contributed by atoms with Crippen molar-refractivity contribution < 1.29 is 14.7 Å². The maximum atomic E-state index is 11.9. The second-order valence-electron chi connectivity index (χ2n) is 7.81. The van der Waals surface area contributed by atoms with E-state index in [1.165, 1.54) is 6.07 Å². The van der Waals surface area contributed by atoms with Crippen molar-refractivity contribution in [2.45, 2.75) is 18.4 Å². The van der Waals surface area contributed by atoms with E-state index >= 15 is 0 Å². The summed E-state index contributed by atoms with van der Waals surface area (Å²) in [6, 6.07) is 10.4. The SMILES string of the molecule is CN1CC[C@@](O)(C#Cc2cccc(-c3nc(C(N)=O)cc(-c4ccn(C)n4)n3)c2)CC1=O. The van der Waals surface area contributed by atoms with Crippen LogP contribution in [0.25, 0.3) is 22.8 Å². The lowest BCUT2D eigenvalue weighted by Gasteiger charge is -2.32.